The van der Waals surface area contributed by atoms with E-state index < -0.39 is 47.1 Å². The van der Waals surface area contributed by atoms with Gasteiger partial charge in [0.05, 0.1) is 12.6 Å². The number of hydrogen-bond acceptors (Lipinski definition) is 4. The summed E-state index contributed by atoms with van der Waals surface area (Å²) in [6.07, 6.45) is -2.70. The maximum absolute atomic E-state index is 12.6. The van der Waals surface area contributed by atoms with Crippen molar-refractivity contribution in [2.45, 2.75) is 24.8 Å². The predicted molar refractivity (Wildman–Crippen MR) is 46.2 cm³/mol. The topological polar surface area (TPSA) is 83.9 Å². The number of amides is 1. The molecular weight excluding hydrogens is 248 g/mol. The minimum atomic E-state index is -4.31. The largest absolute Gasteiger partial charge is 0.464 e. The highest BCUT2D eigenvalue weighted by molar-refractivity contribution is 7.85. The van der Waals surface area contributed by atoms with E-state index >= 15 is 0 Å². The number of carboxylic acid groups (broad SMARTS) is 1. The van der Waals surface area contributed by atoms with Gasteiger partial charge in [-0.1, -0.05) is 0 Å². The Bertz CT molecular complexity index is 414. The standard InChI is InChI=1S/C7H9F2NO5S/c8-7(9)1-4(2-7)5-3-15-16(13,14)10(5)6(11)12/h4-5H,1-3H2,(H,11,12). The van der Waals surface area contributed by atoms with E-state index in [1.54, 1.807) is 0 Å². The van der Waals surface area contributed by atoms with E-state index in [-0.39, 0.29) is 10.9 Å². The summed E-state index contributed by atoms with van der Waals surface area (Å²) in [6.45, 7) is -0.380. The molecule has 1 amide bonds. The lowest BCUT2D eigenvalue weighted by atomic mass is 9.76. The van der Waals surface area contributed by atoms with Gasteiger partial charge in [-0.25, -0.2) is 13.6 Å². The molecule has 9 heteroatoms. The van der Waals surface area contributed by atoms with Gasteiger partial charge in [0.1, 0.15) is 0 Å². The highest BCUT2D eigenvalue weighted by Gasteiger charge is 2.55. The molecule has 2 rings (SSSR count). The molecule has 6 nitrogen and oxygen atoms in total. The highest BCUT2D eigenvalue weighted by atomic mass is 32.2. The third-order valence-electron chi connectivity index (χ3n) is 2.78. The average molecular weight is 257 g/mol. The van der Waals surface area contributed by atoms with Crippen molar-refractivity contribution in [2.24, 2.45) is 5.92 Å². The number of rotatable bonds is 1. The fraction of sp³-hybridized carbons (Fsp3) is 0.857. The maximum atomic E-state index is 12.6. The van der Waals surface area contributed by atoms with Crippen molar-refractivity contribution in [2.75, 3.05) is 6.61 Å². The van der Waals surface area contributed by atoms with Gasteiger partial charge in [0.2, 0.25) is 5.92 Å². The lowest BCUT2D eigenvalue weighted by Crippen LogP contribution is -2.50. The molecule has 1 aliphatic carbocycles. The number of alkyl halides is 2. The van der Waals surface area contributed by atoms with Crippen molar-refractivity contribution in [3.8, 4) is 0 Å². The van der Waals surface area contributed by atoms with Gasteiger partial charge in [-0.2, -0.15) is 12.7 Å². The molecule has 0 bridgehead atoms. The molecule has 0 aromatic carbocycles. The first-order valence-corrected chi connectivity index (χ1v) is 5.89. The summed E-state index contributed by atoms with van der Waals surface area (Å²) < 4.78 is 52.0. The SMILES string of the molecule is O=C(O)N1C(C2CC(F)(F)C2)COS1(=O)=O. The molecule has 92 valence electrons. The van der Waals surface area contributed by atoms with E-state index in [4.69, 9.17) is 5.11 Å². The Morgan fingerprint density at radius 2 is 2.00 bits per heavy atom. The van der Waals surface area contributed by atoms with Gasteiger partial charge in [-0.3, -0.25) is 4.18 Å². The van der Waals surface area contributed by atoms with Crippen LogP contribution in [0.1, 0.15) is 12.8 Å². The van der Waals surface area contributed by atoms with Crippen LogP contribution in [0.3, 0.4) is 0 Å². The third kappa shape index (κ3) is 1.73. The molecule has 2 aliphatic rings. The van der Waals surface area contributed by atoms with E-state index in [1.807, 2.05) is 0 Å². The zero-order valence-electron chi connectivity index (χ0n) is 7.97. The summed E-state index contributed by atoms with van der Waals surface area (Å²) in [4.78, 5) is 10.7. The number of carbonyl (C=O) groups is 1. The van der Waals surface area contributed by atoms with Gasteiger partial charge < -0.3 is 5.11 Å². The van der Waals surface area contributed by atoms with Crippen LogP contribution in [0.2, 0.25) is 0 Å². The van der Waals surface area contributed by atoms with Crippen LogP contribution in [0, 0.1) is 5.92 Å². The lowest BCUT2D eigenvalue weighted by molar-refractivity contribution is -0.123. The molecule has 1 N–H and O–H groups in total. The van der Waals surface area contributed by atoms with E-state index in [1.165, 1.54) is 0 Å². The van der Waals surface area contributed by atoms with Crippen LogP contribution in [-0.2, 0) is 14.5 Å². The minimum Gasteiger partial charge on any atom is -0.464 e. The molecule has 2 fully saturated rings. The Hall–Kier alpha value is -0.960. The van der Waals surface area contributed by atoms with Gasteiger partial charge in [0.15, 0.2) is 0 Å². The first kappa shape index (κ1) is 11.5. The maximum Gasteiger partial charge on any atom is 0.423 e. The van der Waals surface area contributed by atoms with Crippen LogP contribution in [0.5, 0.6) is 0 Å². The van der Waals surface area contributed by atoms with E-state index in [0.29, 0.717) is 0 Å². The first-order chi connectivity index (χ1) is 7.23. The first-order valence-electron chi connectivity index (χ1n) is 4.52. The summed E-state index contributed by atoms with van der Waals surface area (Å²) in [7, 11) is -4.31. The van der Waals surface area contributed by atoms with Gasteiger partial charge in [0, 0.05) is 12.8 Å². The van der Waals surface area contributed by atoms with Gasteiger partial charge >= 0.3 is 16.4 Å². The zero-order chi connectivity index (χ0) is 12.1. The van der Waals surface area contributed by atoms with Crippen LogP contribution >= 0.6 is 0 Å². The Morgan fingerprint density at radius 3 is 2.44 bits per heavy atom. The number of hydrogen-bond donors (Lipinski definition) is 1. The quantitative estimate of drug-likeness (QED) is 0.745. The second-order valence-corrected chi connectivity index (χ2v) is 5.40. The molecule has 1 aliphatic heterocycles. The van der Waals surface area contributed by atoms with Crippen molar-refractivity contribution >= 4 is 16.4 Å². The highest BCUT2D eigenvalue weighted by Crippen LogP contribution is 2.46. The normalized spacial score (nSPS) is 32.4. The Morgan fingerprint density at radius 1 is 1.44 bits per heavy atom. The molecule has 16 heavy (non-hydrogen) atoms. The Kier molecular flexibility index (Phi) is 2.35. The van der Waals surface area contributed by atoms with Crippen LogP contribution in [-0.4, -0.2) is 42.5 Å². The lowest BCUT2D eigenvalue weighted by Gasteiger charge is -2.39. The van der Waals surface area contributed by atoms with Crippen LogP contribution in [0.15, 0.2) is 0 Å². The molecule has 1 unspecified atom stereocenters. The zero-order valence-corrected chi connectivity index (χ0v) is 8.78. The van der Waals surface area contributed by atoms with E-state index in [9.17, 15) is 22.0 Å². The van der Waals surface area contributed by atoms with Crippen molar-refractivity contribution in [3.05, 3.63) is 0 Å². The average Bonchev–Trinajstić information content (AvgIpc) is 2.36. The molecule has 1 atom stereocenters. The summed E-state index contributed by atoms with van der Waals surface area (Å²) >= 11 is 0. The van der Waals surface area contributed by atoms with E-state index in [2.05, 4.69) is 4.18 Å². The molecule has 1 heterocycles. The molecule has 0 spiro atoms. The van der Waals surface area contributed by atoms with Crippen molar-refractivity contribution in [1.29, 1.82) is 0 Å². The van der Waals surface area contributed by atoms with Gasteiger partial charge in [0.25, 0.3) is 0 Å². The summed E-state index contributed by atoms with van der Waals surface area (Å²) in [5.74, 6) is -3.48. The molecule has 0 aromatic rings. The van der Waals surface area contributed by atoms with Crippen molar-refractivity contribution in [1.82, 2.24) is 4.31 Å². The summed E-state index contributed by atoms with van der Waals surface area (Å²) in [5, 5.41) is 8.70. The number of nitrogens with zero attached hydrogens (tertiary/aromatic N) is 1. The molecular formula is C7H9F2NO5S. The second-order valence-electron chi connectivity index (χ2n) is 3.91. The second kappa shape index (κ2) is 3.27. The Balaban J connectivity index is 2.15. The molecule has 0 aromatic heterocycles. The van der Waals surface area contributed by atoms with Crippen LogP contribution < -0.4 is 0 Å². The fourth-order valence-electron chi connectivity index (χ4n) is 1.99. The molecule has 0 radical (unpaired) electrons. The number of halogens is 2. The fourth-order valence-corrected chi connectivity index (χ4v) is 3.17. The molecule has 1 saturated heterocycles. The Labute approximate surface area is 90.0 Å². The van der Waals surface area contributed by atoms with Crippen molar-refractivity contribution < 1.29 is 31.3 Å². The summed E-state index contributed by atoms with van der Waals surface area (Å²) in [5.41, 5.74) is 0. The summed E-state index contributed by atoms with van der Waals surface area (Å²) in [6, 6.07) is -1.03. The van der Waals surface area contributed by atoms with Gasteiger partial charge in [-0.15, -0.1) is 0 Å². The van der Waals surface area contributed by atoms with Crippen LogP contribution in [0.25, 0.3) is 0 Å². The predicted octanol–water partition coefficient (Wildman–Crippen LogP) is 0.655. The third-order valence-corrected chi connectivity index (χ3v) is 4.13. The minimum absolute atomic E-state index is 0.132. The van der Waals surface area contributed by atoms with Crippen LogP contribution in [0.4, 0.5) is 13.6 Å². The van der Waals surface area contributed by atoms with Gasteiger partial charge in [-0.05, 0) is 5.92 Å². The monoisotopic (exact) mass is 257 g/mol. The van der Waals surface area contributed by atoms with E-state index in [0.717, 1.165) is 0 Å². The van der Waals surface area contributed by atoms with Crippen molar-refractivity contribution in [3.63, 3.8) is 0 Å². The smallest absolute Gasteiger partial charge is 0.423 e. The molecule has 1 saturated carbocycles.